The van der Waals surface area contributed by atoms with E-state index in [1.807, 2.05) is 18.2 Å². The lowest BCUT2D eigenvalue weighted by molar-refractivity contribution is -0.497. The zero-order chi connectivity index (χ0) is 17.6. The number of anilines is 1. The van der Waals surface area contributed by atoms with Crippen LogP contribution >= 0.6 is 11.6 Å². The van der Waals surface area contributed by atoms with Gasteiger partial charge in [0, 0.05) is 22.6 Å². The topological polar surface area (TPSA) is 101 Å². The minimum absolute atomic E-state index is 0.293. The average Bonchev–Trinajstić information content (AvgIpc) is 3.29. The number of amides is 1. The predicted molar refractivity (Wildman–Crippen MR) is 94.1 cm³/mol. The second kappa shape index (κ2) is 5.86. The van der Waals surface area contributed by atoms with Gasteiger partial charge in [-0.15, -0.1) is 0 Å². The van der Waals surface area contributed by atoms with Crippen molar-refractivity contribution in [1.82, 2.24) is 9.97 Å². The first kappa shape index (κ1) is 15.6. The van der Waals surface area contributed by atoms with E-state index >= 15 is 0 Å². The maximum absolute atomic E-state index is 12.0. The Morgan fingerprint density at radius 1 is 1.32 bits per heavy atom. The number of nitrogens with zero attached hydrogens (tertiary/aromatic N) is 2. The van der Waals surface area contributed by atoms with Crippen molar-refractivity contribution >= 4 is 34.2 Å². The number of carbonyl (C=O) groups excluding carboxylic acids is 1. The highest BCUT2D eigenvalue weighted by Crippen LogP contribution is 2.34. The van der Waals surface area contributed by atoms with Crippen molar-refractivity contribution in [3.8, 4) is 11.4 Å². The number of aromatic amines is 1. The summed E-state index contributed by atoms with van der Waals surface area (Å²) >= 11 is 6.20. The molecule has 1 amide bonds. The van der Waals surface area contributed by atoms with Gasteiger partial charge in [-0.1, -0.05) is 23.7 Å². The Kier molecular flexibility index (Phi) is 3.65. The third-order valence-electron chi connectivity index (χ3n) is 4.24. The highest BCUT2D eigenvalue weighted by molar-refractivity contribution is 6.33. The first-order chi connectivity index (χ1) is 12.0. The number of rotatable bonds is 4. The van der Waals surface area contributed by atoms with E-state index in [0.717, 1.165) is 16.6 Å². The average molecular weight is 357 g/mol. The number of benzene rings is 2. The molecule has 0 bridgehead atoms. The summed E-state index contributed by atoms with van der Waals surface area (Å²) in [5, 5.41) is 14.0. The lowest BCUT2D eigenvalue weighted by atomic mass is 10.2. The molecule has 3 aromatic rings. The quantitative estimate of drug-likeness (QED) is 0.552. The first-order valence-corrected chi connectivity index (χ1v) is 8.10. The molecular formula is C17H13ClN4O3. The van der Waals surface area contributed by atoms with Gasteiger partial charge in [-0.3, -0.25) is 14.9 Å². The molecule has 4 rings (SSSR count). The highest BCUT2D eigenvalue weighted by atomic mass is 35.5. The van der Waals surface area contributed by atoms with Gasteiger partial charge in [0.25, 0.3) is 0 Å². The lowest BCUT2D eigenvalue weighted by Gasteiger charge is -2.03. The minimum atomic E-state index is -0.761. The number of nitrogens with one attached hydrogen (secondary N) is 2. The molecule has 0 saturated heterocycles. The van der Waals surface area contributed by atoms with Crippen molar-refractivity contribution in [2.75, 3.05) is 5.32 Å². The fraction of sp³-hybridized carbons (Fsp3) is 0.176. The van der Waals surface area contributed by atoms with Crippen LogP contribution in [0.5, 0.6) is 0 Å². The zero-order valence-corrected chi connectivity index (χ0v) is 13.7. The van der Waals surface area contributed by atoms with Gasteiger partial charge in [-0.05, 0) is 30.3 Å². The van der Waals surface area contributed by atoms with Crippen molar-refractivity contribution in [2.45, 2.75) is 12.5 Å². The normalized spacial score (nSPS) is 18.9. The van der Waals surface area contributed by atoms with Crippen LogP contribution in [0, 0.1) is 16.0 Å². The first-order valence-electron chi connectivity index (χ1n) is 7.72. The van der Waals surface area contributed by atoms with Crippen LogP contribution in [0.2, 0.25) is 5.02 Å². The van der Waals surface area contributed by atoms with Gasteiger partial charge in [-0.2, -0.15) is 0 Å². The molecule has 1 aromatic heterocycles. The molecule has 2 unspecified atom stereocenters. The number of fused-ring (bicyclic) bond motifs is 1. The van der Waals surface area contributed by atoms with Crippen LogP contribution in [0.15, 0.2) is 42.5 Å². The molecule has 8 heteroatoms. The maximum Gasteiger partial charge on any atom is 0.234 e. The van der Waals surface area contributed by atoms with Crippen molar-refractivity contribution < 1.29 is 9.72 Å². The van der Waals surface area contributed by atoms with Gasteiger partial charge in [0.05, 0.1) is 16.1 Å². The Labute approximate surface area is 147 Å². The Bertz CT molecular complexity index is 1000. The van der Waals surface area contributed by atoms with Crippen molar-refractivity contribution in [3.05, 3.63) is 57.6 Å². The molecule has 126 valence electrons. The largest absolute Gasteiger partial charge is 0.338 e. The Hall–Kier alpha value is -2.93. The fourth-order valence-electron chi connectivity index (χ4n) is 2.80. The van der Waals surface area contributed by atoms with E-state index in [0.29, 0.717) is 23.0 Å². The SMILES string of the molecule is O=C(Nc1ccc2nc(-c3ccccc3Cl)[nH]c2c1)C1CC1[N+](=O)[O-]. The summed E-state index contributed by atoms with van der Waals surface area (Å²) < 4.78 is 0. The molecule has 1 aliphatic rings. The monoisotopic (exact) mass is 356 g/mol. The molecule has 0 spiro atoms. The van der Waals surface area contributed by atoms with Crippen molar-refractivity contribution in [1.29, 1.82) is 0 Å². The summed E-state index contributed by atoms with van der Waals surface area (Å²) in [7, 11) is 0. The fourth-order valence-corrected chi connectivity index (χ4v) is 3.02. The third kappa shape index (κ3) is 2.94. The number of imidazole rings is 1. The minimum Gasteiger partial charge on any atom is -0.338 e. The van der Waals surface area contributed by atoms with Gasteiger partial charge < -0.3 is 10.3 Å². The third-order valence-corrected chi connectivity index (χ3v) is 4.57. The Balaban J connectivity index is 1.58. The van der Waals surface area contributed by atoms with Gasteiger partial charge in [0.15, 0.2) is 0 Å². The van der Waals surface area contributed by atoms with Gasteiger partial charge in [0.1, 0.15) is 11.7 Å². The molecule has 2 N–H and O–H groups in total. The van der Waals surface area contributed by atoms with Gasteiger partial charge in [-0.25, -0.2) is 4.98 Å². The molecule has 1 fully saturated rings. The zero-order valence-electron chi connectivity index (χ0n) is 12.9. The molecule has 1 saturated carbocycles. The van der Waals surface area contributed by atoms with Crippen LogP contribution in [0.4, 0.5) is 5.69 Å². The maximum atomic E-state index is 12.0. The number of aromatic nitrogens is 2. The molecule has 1 heterocycles. The van der Waals surface area contributed by atoms with Crippen LogP contribution in [-0.4, -0.2) is 26.8 Å². The Morgan fingerprint density at radius 2 is 2.12 bits per heavy atom. The summed E-state index contributed by atoms with van der Waals surface area (Å²) in [4.78, 5) is 30.0. The van der Waals surface area contributed by atoms with E-state index in [1.165, 1.54) is 0 Å². The number of nitro groups is 1. The molecular weight excluding hydrogens is 344 g/mol. The van der Waals surface area contributed by atoms with Gasteiger partial charge >= 0.3 is 0 Å². The van der Waals surface area contributed by atoms with E-state index in [-0.39, 0.29) is 5.91 Å². The smallest absolute Gasteiger partial charge is 0.234 e. The molecule has 2 atom stereocenters. The predicted octanol–water partition coefficient (Wildman–Crippen LogP) is 3.49. The van der Waals surface area contributed by atoms with E-state index in [1.54, 1.807) is 24.3 Å². The molecule has 7 nitrogen and oxygen atoms in total. The van der Waals surface area contributed by atoms with Crippen LogP contribution in [0.3, 0.4) is 0 Å². The number of carbonyl (C=O) groups is 1. The van der Waals surface area contributed by atoms with Gasteiger partial charge in [0.2, 0.25) is 11.9 Å². The molecule has 0 radical (unpaired) electrons. The van der Waals surface area contributed by atoms with Crippen LogP contribution in [-0.2, 0) is 4.79 Å². The summed E-state index contributed by atoms with van der Waals surface area (Å²) in [5.74, 6) is -0.238. The summed E-state index contributed by atoms with van der Waals surface area (Å²) in [6.45, 7) is 0. The van der Waals surface area contributed by atoms with Crippen LogP contribution in [0.25, 0.3) is 22.4 Å². The molecule has 1 aliphatic carbocycles. The number of hydrogen-bond acceptors (Lipinski definition) is 4. The summed E-state index contributed by atoms with van der Waals surface area (Å²) in [5.41, 5.74) is 2.84. The van der Waals surface area contributed by atoms with Crippen molar-refractivity contribution in [3.63, 3.8) is 0 Å². The highest BCUT2D eigenvalue weighted by Gasteiger charge is 2.53. The number of halogens is 1. The van der Waals surface area contributed by atoms with E-state index in [4.69, 9.17) is 11.6 Å². The molecule has 25 heavy (non-hydrogen) atoms. The molecule has 0 aliphatic heterocycles. The standard InChI is InChI=1S/C17H13ClN4O3/c18-12-4-2-1-3-10(12)16-20-13-6-5-9(7-14(13)21-16)19-17(23)11-8-15(11)22(24)25/h1-7,11,15H,8H2,(H,19,23)(H,20,21). The van der Waals surface area contributed by atoms with E-state index in [2.05, 4.69) is 15.3 Å². The van der Waals surface area contributed by atoms with Crippen LogP contribution in [0.1, 0.15) is 6.42 Å². The van der Waals surface area contributed by atoms with E-state index in [9.17, 15) is 14.9 Å². The summed E-state index contributed by atoms with van der Waals surface area (Å²) in [6, 6.07) is 11.9. The second-order valence-electron chi connectivity index (χ2n) is 5.98. The van der Waals surface area contributed by atoms with Crippen LogP contribution < -0.4 is 5.32 Å². The second-order valence-corrected chi connectivity index (χ2v) is 6.39. The summed E-state index contributed by atoms with van der Waals surface area (Å²) in [6.07, 6.45) is 0.293. The van der Waals surface area contributed by atoms with E-state index < -0.39 is 16.9 Å². The molecule has 2 aromatic carbocycles. The Morgan fingerprint density at radius 3 is 2.84 bits per heavy atom. The lowest BCUT2D eigenvalue weighted by Crippen LogP contribution is -2.18. The van der Waals surface area contributed by atoms with Crippen molar-refractivity contribution in [2.24, 2.45) is 5.92 Å². The number of hydrogen-bond donors (Lipinski definition) is 2. The number of H-pyrrole nitrogens is 1.